The molecular formula is C17H25NO2. The van der Waals surface area contributed by atoms with Crippen LogP contribution in [0.4, 0.5) is 0 Å². The van der Waals surface area contributed by atoms with Crippen molar-refractivity contribution in [2.24, 2.45) is 5.41 Å². The molecule has 0 amide bonds. The highest BCUT2D eigenvalue weighted by molar-refractivity contribution is 5.36. The summed E-state index contributed by atoms with van der Waals surface area (Å²) in [5.41, 5.74) is 1.71. The Hall–Kier alpha value is -1.53. The van der Waals surface area contributed by atoms with E-state index in [1.54, 1.807) is 6.92 Å². The lowest BCUT2D eigenvalue weighted by atomic mass is 9.89. The maximum atomic E-state index is 9.52. The monoisotopic (exact) mass is 275 g/mol. The topological polar surface area (TPSA) is 53.2 Å². The van der Waals surface area contributed by atoms with Crippen LogP contribution in [0, 0.1) is 23.7 Å². The van der Waals surface area contributed by atoms with E-state index in [0.717, 1.165) is 36.1 Å². The maximum Gasteiger partial charge on any atom is 0.122 e. The second-order valence-electron chi connectivity index (χ2n) is 6.00. The number of unbranched alkanes of at least 4 members (excludes halogenated alkanes) is 1. The average molecular weight is 275 g/mol. The molecule has 0 fully saturated rings. The Morgan fingerprint density at radius 1 is 1.35 bits per heavy atom. The van der Waals surface area contributed by atoms with E-state index in [0.29, 0.717) is 6.61 Å². The number of aliphatic hydroxyl groups is 1. The number of ether oxygens (including phenoxy) is 1. The first kappa shape index (κ1) is 16.5. The minimum Gasteiger partial charge on any atom is -0.493 e. The Morgan fingerprint density at radius 3 is 2.60 bits per heavy atom. The van der Waals surface area contributed by atoms with Crippen LogP contribution < -0.4 is 4.74 Å². The normalized spacial score (nSPS) is 12.8. The molecule has 0 aliphatic heterocycles. The SMILES string of the molecule is Cc1cc([C@@H](C)O)ccc1OCCCCC(C)(C)C#N. The fourth-order valence-electron chi connectivity index (χ4n) is 2.00. The number of aliphatic hydroxyl groups excluding tert-OH is 1. The lowest BCUT2D eigenvalue weighted by Gasteiger charge is -2.15. The van der Waals surface area contributed by atoms with Gasteiger partial charge in [-0.05, 0) is 70.2 Å². The Morgan fingerprint density at radius 2 is 2.05 bits per heavy atom. The third-order valence-electron chi connectivity index (χ3n) is 3.44. The summed E-state index contributed by atoms with van der Waals surface area (Å²) in [5.74, 6) is 0.869. The molecule has 1 N–H and O–H groups in total. The van der Waals surface area contributed by atoms with Crippen molar-refractivity contribution in [3.63, 3.8) is 0 Å². The van der Waals surface area contributed by atoms with Crippen LogP contribution in [0.5, 0.6) is 5.75 Å². The van der Waals surface area contributed by atoms with Crippen molar-refractivity contribution in [3.05, 3.63) is 29.3 Å². The Kier molecular flexibility index (Phi) is 6.04. The number of aryl methyl sites for hydroxylation is 1. The fraction of sp³-hybridized carbons (Fsp3) is 0.588. The molecule has 20 heavy (non-hydrogen) atoms. The summed E-state index contributed by atoms with van der Waals surface area (Å²) in [6.45, 7) is 8.34. The van der Waals surface area contributed by atoms with Crippen LogP contribution in [0.25, 0.3) is 0 Å². The van der Waals surface area contributed by atoms with Gasteiger partial charge in [0.25, 0.3) is 0 Å². The minimum absolute atomic E-state index is 0.241. The van der Waals surface area contributed by atoms with Gasteiger partial charge in [-0.2, -0.15) is 5.26 Å². The number of hydrogen-bond acceptors (Lipinski definition) is 3. The van der Waals surface area contributed by atoms with Gasteiger partial charge in [0.1, 0.15) is 5.75 Å². The number of nitrogens with zero attached hydrogens (tertiary/aromatic N) is 1. The lowest BCUT2D eigenvalue weighted by molar-refractivity contribution is 0.199. The largest absolute Gasteiger partial charge is 0.493 e. The van der Waals surface area contributed by atoms with Crippen LogP contribution >= 0.6 is 0 Å². The highest BCUT2D eigenvalue weighted by atomic mass is 16.5. The summed E-state index contributed by atoms with van der Waals surface area (Å²) in [6.07, 6.45) is 2.39. The molecule has 0 heterocycles. The number of benzene rings is 1. The number of hydrogen-bond donors (Lipinski definition) is 1. The maximum absolute atomic E-state index is 9.52. The van der Waals surface area contributed by atoms with E-state index >= 15 is 0 Å². The molecule has 0 saturated heterocycles. The zero-order valence-corrected chi connectivity index (χ0v) is 12.9. The Balaban J connectivity index is 2.38. The number of rotatable bonds is 7. The van der Waals surface area contributed by atoms with E-state index in [2.05, 4.69) is 6.07 Å². The lowest BCUT2D eigenvalue weighted by Crippen LogP contribution is -2.08. The van der Waals surface area contributed by atoms with E-state index in [1.165, 1.54) is 0 Å². The van der Waals surface area contributed by atoms with Crippen molar-refractivity contribution in [1.29, 1.82) is 5.26 Å². The molecule has 0 aliphatic carbocycles. The molecule has 0 aromatic heterocycles. The summed E-state index contributed by atoms with van der Waals surface area (Å²) in [6, 6.07) is 8.08. The van der Waals surface area contributed by atoms with Crippen molar-refractivity contribution >= 4 is 0 Å². The molecule has 110 valence electrons. The highest BCUT2D eigenvalue weighted by Crippen LogP contribution is 2.24. The predicted molar refractivity (Wildman–Crippen MR) is 80.6 cm³/mol. The first-order valence-corrected chi connectivity index (χ1v) is 7.18. The van der Waals surface area contributed by atoms with E-state index < -0.39 is 6.10 Å². The van der Waals surface area contributed by atoms with Crippen LogP contribution in [0.2, 0.25) is 0 Å². The van der Waals surface area contributed by atoms with E-state index in [4.69, 9.17) is 10.00 Å². The summed E-state index contributed by atoms with van der Waals surface area (Å²) in [7, 11) is 0. The van der Waals surface area contributed by atoms with Crippen LogP contribution in [0.1, 0.15) is 57.3 Å². The third kappa shape index (κ3) is 5.22. The van der Waals surface area contributed by atoms with Crippen molar-refractivity contribution in [2.45, 2.75) is 53.1 Å². The molecule has 0 radical (unpaired) electrons. The third-order valence-corrected chi connectivity index (χ3v) is 3.44. The smallest absolute Gasteiger partial charge is 0.122 e. The van der Waals surface area contributed by atoms with Gasteiger partial charge in [-0.25, -0.2) is 0 Å². The second-order valence-corrected chi connectivity index (χ2v) is 6.00. The zero-order chi connectivity index (χ0) is 15.2. The summed E-state index contributed by atoms with van der Waals surface area (Å²) in [5, 5.41) is 18.5. The molecule has 0 spiro atoms. The van der Waals surface area contributed by atoms with E-state index in [1.807, 2.05) is 39.0 Å². The van der Waals surface area contributed by atoms with Gasteiger partial charge in [0.05, 0.1) is 24.2 Å². The van der Waals surface area contributed by atoms with Crippen molar-refractivity contribution < 1.29 is 9.84 Å². The zero-order valence-electron chi connectivity index (χ0n) is 12.9. The van der Waals surface area contributed by atoms with Crippen LogP contribution in [0.15, 0.2) is 18.2 Å². The molecule has 1 atom stereocenters. The molecule has 0 saturated carbocycles. The summed E-state index contributed by atoms with van der Waals surface area (Å²) in [4.78, 5) is 0. The molecule has 3 heteroatoms. The van der Waals surface area contributed by atoms with Crippen molar-refractivity contribution in [3.8, 4) is 11.8 Å². The Bertz CT molecular complexity index is 472. The van der Waals surface area contributed by atoms with E-state index in [-0.39, 0.29) is 5.41 Å². The van der Waals surface area contributed by atoms with Gasteiger partial charge >= 0.3 is 0 Å². The van der Waals surface area contributed by atoms with Gasteiger partial charge in [-0.15, -0.1) is 0 Å². The molecule has 1 aromatic rings. The first-order valence-electron chi connectivity index (χ1n) is 7.18. The first-order chi connectivity index (χ1) is 9.35. The molecule has 0 unspecified atom stereocenters. The molecule has 1 aromatic carbocycles. The minimum atomic E-state index is -0.448. The second kappa shape index (κ2) is 7.31. The molecular weight excluding hydrogens is 250 g/mol. The quantitative estimate of drug-likeness (QED) is 0.761. The average Bonchev–Trinajstić information content (AvgIpc) is 2.39. The van der Waals surface area contributed by atoms with Crippen LogP contribution in [0.3, 0.4) is 0 Å². The van der Waals surface area contributed by atoms with Gasteiger partial charge in [0, 0.05) is 0 Å². The summed E-state index contributed by atoms with van der Waals surface area (Å²) < 4.78 is 5.76. The van der Waals surface area contributed by atoms with Crippen molar-refractivity contribution in [1.82, 2.24) is 0 Å². The van der Waals surface area contributed by atoms with E-state index in [9.17, 15) is 5.11 Å². The van der Waals surface area contributed by atoms with Crippen LogP contribution in [-0.2, 0) is 0 Å². The Labute approximate surface area is 122 Å². The van der Waals surface area contributed by atoms with Gasteiger partial charge in [0.15, 0.2) is 0 Å². The van der Waals surface area contributed by atoms with Gasteiger partial charge < -0.3 is 9.84 Å². The number of nitriles is 1. The molecule has 0 aliphatic rings. The molecule has 3 nitrogen and oxygen atoms in total. The van der Waals surface area contributed by atoms with Gasteiger partial charge in [-0.3, -0.25) is 0 Å². The predicted octanol–water partition coefficient (Wildman–Crippen LogP) is 4.15. The van der Waals surface area contributed by atoms with Crippen molar-refractivity contribution in [2.75, 3.05) is 6.61 Å². The highest BCUT2D eigenvalue weighted by Gasteiger charge is 2.15. The standard InChI is InChI=1S/C17H25NO2/c1-13-11-15(14(2)19)7-8-16(13)20-10-6-5-9-17(3,4)12-18/h7-8,11,14,19H,5-6,9-10H2,1-4H3/t14-/m1/s1. The van der Waals surface area contributed by atoms with Gasteiger partial charge in [0.2, 0.25) is 0 Å². The molecule has 0 bridgehead atoms. The summed E-state index contributed by atoms with van der Waals surface area (Å²) >= 11 is 0. The molecule has 1 rings (SSSR count). The van der Waals surface area contributed by atoms with Crippen LogP contribution in [-0.4, -0.2) is 11.7 Å². The fourth-order valence-corrected chi connectivity index (χ4v) is 2.00. The van der Waals surface area contributed by atoms with Gasteiger partial charge in [-0.1, -0.05) is 6.07 Å².